The maximum absolute atomic E-state index is 12.4. The summed E-state index contributed by atoms with van der Waals surface area (Å²) >= 11 is 0. The maximum Gasteiger partial charge on any atom is 0.136 e. The third kappa shape index (κ3) is 0.675. The monoisotopic (exact) mass is 242 g/mol. The second-order valence-electron chi connectivity index (χ2n) is 7.93. The molecule has 18 heavy (non-hydrogen) atoms. The zero-order valence-corrected chi connectivity index (χ0v) is 10.4. The number of carbonyl (C=O) groups is 2. The summed E-state index contributed by atoms with van der Waals surface area (Å²) in [5, 5.41) is 0. The minimum absolute atomic E-state index is 0.441. The van der Waals surface area contributed by atoms with Crippen molar-refractivity contribution in [2.75, 3.05) is 0 Å². The minimum atomic E-state index is 0.441. The summed E-state index contributed by atoms with van der Waals surface area (Å²) in [5.74, 6) is 7.72. The zero-order valence-electron chi connectivity index (χ0n) is 10.4. The van der Waals surface area contributed by atoms with E-state index in [4.69, 9.17) is 0 Å². The lowest BCUT2D eigenvalue weighted by Gasteiger charge is -2.18. The van der Waals surface area contributed by atoms with E-state index in [0.717, 1.165) is 36.5 Å². The topological polar surface area (TPSA) is 34.1 Å². The Balaban J connectivity index is 1.63. The van der Waals surface area contributed by atoms with E-state index in [0.29, 0.717) is 47.1 Å². The fourth-order valence-corrected chi connectivity index (χ4v) is 8.21. The van der Waals surface area contributed by atoms with Gasteiger partial charge in [-0.05, 0) is 60.2 Å². The predicted molar refractivity (Wildman–Crippen MR) is 63.4 cm³/mol. The average Bonchev–Trinajstić information content (AvgIpc) is 3.01. The van der Waals surface area contributed by atoms with Crippen molar-refractivity contribution in [3.05, 3.63) is 0 Å². The molecule has 2 nitrogen and oxygen atoms in total. The second-order valence-corrected chi connectivity index (χ2v) is 7.93. The number of carbonyl (C=O) groups excluding carboxylic acids is 2. The highest BCUT2D eigenvalue weighted by molar-refractivity contribution is 5.89. The number of ketones is 2. The van der Waals surface area contributed by atoms with Crippen LogP contribution in [0.3, 0.4) is 0 Å². The quantitative estimate of drug-likeness (QED) is 0.650. The molecule has 0 radical (unpaired) electrons. The molecular weight excluding hydrogens is 224 g/mol. The van der Waals surface area contributed by atoms with E-state index in [1.807, 2.05) is 0 Å². The molecular formula is C16H18O2. The van der Waals surface area contributed by atoms with Crippen LogP contribution in [0, 0.1) is 59.2 Å². The Morgan fingerprint density at radius 3 is 1.61 bits per heavy atom. The highest BCUT2D eigenvalue weighted by Gasteiger charge is 2.77. The molecule has 0 spiro atoms. The molecule has 10 atom stereocenters. The molecule has 6 aliphatic carbocycles. The van der Waals surface area contributed by atoms with Gasteiger partial charge in [-0.3, -0.25) is 9.59 Å². The Hall–Kier alpha value is -0.660. The summed E-state index contributed by atoms with van der Waals surface area (Å²) in [5.41, 5.74) is 0. The lowest BCUT2D eigenvalue weighted by Crippen LogP contribution is -2.22. The van der Waals surface area contributed by atoms with E-state index in [-0.39, 0.29) is 0 Å². The molecule has 6 rings (SSSR count). The summed E-state index contributed by atoms with van der Waals surface area (Å²) in [4.78, 5) is 24.8. The highest BCUT2D eigenvalue weighted by Crippen LogP contribution is 2.78. The minimum Gasteiger partial charge on any atom is -0.299 e. The zero-order chi connectivity index (χ0) is 11.8. The highest BCUT2D eigenvalue weighted by atomic mass is 16.1. The molecule has 0 aromatic carbocycles. The van der Waals surface area contributed by atoms with Crippen LogP contribution in [-0.4, -0.2) is 11.6 Å². The number of fused-ring (bicyclic) bond motifs is 3. The first kappa shape index (κ1) is 9.28. The van der Waals surface area contributed by atoms with Crippen LogP contribution in [0.25, 0.3) is 0 Å². The number of hydrogen-bond acceptors (Lipinski definition) is 2. The fourth-order valence-electron chi connectivity index (χ4n) is 8.21. The van der Waals surface area contributed by atoms with Crippen molar-refractivity contribution in [1.82, 2.24) is 0 Å². The molecule has 0 heterocycles. The number of hydrogen-bond donors (Lipinski definition) is 0. The third-order valence-electron chi connectivity index (χ3n) is 8.06. The Kier molecular flexibility index (Phi) is 1.28. The van der Waals surface area contributed by atoms with Gasteiger partial charge in [-0.1, -0.05) is 0 Å². The third-order valence-corrected chi connectivity index (χ3v) is 8.06. The smallest absolute Gasteiger partial charge is 0.136 e. The van der Waals surface area contributed by atoms with E-state index < -0.39 is 0 Å². The first-order valence-electron chi connectivity index (χ1n) is 7.83. The van der Waals surface area contributed by atoms with Gasteiger partial charge >= 0.3 is 0 Å². The van der Waals surface area contributed by atoms with Crippen LogP contribution in [0.15, 0.2) is 0 Å². The SMILES string of the molecule is O=C1C[C@H]2[C@H]3CC(=O)[C@H]4[C@H]3C3C5[C@@H](CC[C@@H]54)[C@@H]1[C@H]32. The molecule has 0 aliphatic heterocycles. The van der Waals surface area contributed by atoms with E-state index in [2.05, 4.69) is 0 Å². The summed E-state index contributed by atoms with van der Waals surface area (Å²) in [7, 11) is 0. The molecule has 6 fully saturated rings. The van der Waals surface area contributed by atoms with Crippen LogP contribution >= 0.6 is 0 Å². The first-order valence-corrected chi connectivity index (χ1v) is 7.83. The van der Waals surface area contributed by atoms with Gasteiger partial charge in [0.25, 0.3) is 0 Å². The molecule has 0 aromatic rings. The number of Topliss-reactive ketones (excluding diaryl/α,β-unsaturated/α-hetero) is 2. The summed E-state index contributed by atoms with van der Waals surface area (Å²) < 4.78 is 0. The van der Waals surface area contributed by atoms with Gasteiger partial charge in [0.05, 0.1) is 0 Å². The van der Waals surface area contributed by atoms with Gasteiger partial charge in [0.2, 0.25) is 0 Å². The molecule has 0 saturated heterocycles. The summed E-state index contributed by atoms with van der Waals surface area (Å²) in [6.45, 7) is 0. The molecule has 0 amide bonds. The largest absolute Gasteiger partial charge is 0.299 e. The van der Waals surface area contributed by atoms with Crippen molar-refractivity contribution < 1.29 is 9.59 Å². The summed E-state index contributed by atoms with van der Waals surface area (Å²) in [6.07, 6.45) is 4.18. The van der Waals surface area contributed by atoms with E-state index in [1.165, 1.54) is 12.8 Å². The molecule has 6 saturated carbocycles. The Morgan fingerprint density at radius 1 is 0.611 bits per heavy atom. The van der Waals surface area contributed by atoms with Gasteiger partial charge in [0, 0.05) is 24.7 Å². The van der Waals surface area contributed by atoms with E-state index in [1.54, 1.807) is 0 Å². The lowest BCUT2D eigenvalue weighted by molar-refractivity contribution is -0.122. The van der Waals surface area contributed by atoms with Gasteiger partial charge in [-0.25, -0.2) is 0 Å². The van der Waals surface area contributed by atoms with Gasteiger partial charge in [-0.15, -0.1) is 0 Å². The first-order chi connectivity index (χ1) is 8.77. The Bertz CT molecular complexity index is 465. The molecule has 2 heteroatoms. The van der Waals surface area contributed by atoms with Gasteiger partial charge < -0.3 is 0 Å². The molecule has 0 bridgehead atoms. The normalized spacial score (nSPS) is 69.6. The molecule has 0 aromatic heterocycles. The molecule has 94 valence electrons. The standard InChI is InChI=1S/C16H18O2/c17-9-3-7-8-4-10(18)13-6-2-1-5-11(6)16(15(8)13)14(7)12(5)9/h5-8,11-16H,1-4H2/t5-,6+,7+,8-,11?,12-,13-,14-,15+,16?/m0/s1. The van der Waals surface area contributed by atoms with Crippen molar-refractivity contribution in [2.45, 2.75) is 25.7 Å². The Morgan fingerprint density at radius 2 is 1.11 bits per heavy atom. The van der Waals surface area contributed by atoms with Gasteiger partial charge in [0.15, 0.2) is 0 Å². The van der Waals surface area contributed by atoms with Crippen molar-refractivity contribution in [1.29, 1.82) is 0 Å². The summed E-state index contributed by atoms with van der Waals surface area (Å²) in [6, 6.07) is 0. The van der Waals surface area contributed by atoms with Crippen molar-refractivity contribution in [2.24, 2.45) is 59.2 Å². The predicted octanol–water partition coefficient (Wildman–Crippen LogP) is 1.93. The van der Waals surface area contributed by atoms with Crippen LogP contribution < -0.4 is 0 Å². The molecule has 6 aliphatic rings. The van der Waals surface area contributed by atoms with E-state index >= 15 is 0 Å². The molecule has 0 N–H and O–H groups in total. The van der Waals surface area contributed by atoms with Crippen LogP contribution in [-0.2, 0) is 9.59 Å². The van der Waals surface area contributed by atoms with Crippen molar-refractivity contribution in [3.8, 4) is 0 Å². The van der Waals surface area contributed by atoms with Crippen LogP contribution in [0.5, 0.6) is 0 Å². The van der Waals surface area contributed by atoms with Crippen molar-refractivity contribution >= 4 is 11.6 Å². The van der Waals surface area contributed by atoms with Gasteiger partial charge in [-0.2, -0.15) is 0 Å². The molecule has 2 unspecified atom stereocenters. The fraction of sp³-hybridized carbons (Fsp3) is 0.875. The number of rotatable bonds is 0. The average molecular weight is 242 g/mol. The Labute approximate surface area is 107 Å². The maximum atomic E-state index is 12.4. The van der Waals surface area contributed by atoms with E-state index in [9.17, 15) is 9.59 Å². The van der Waals surface area contributed by atoms with Crippen LogP contribution in [0.1, 0.15) is 25.7 Å². The van der Waals surface area contributed by atoms with Crippen LogP contribution in [0.2, 0.25) is 0 Å². The van der Waals surface area contributed by atoms with Crippen molar-refractivity contribution in [3.63, 3.8) is 0 Å². The second kappa shape index (κ2) is 2.48. The van der Waals surface area contributed by atoms with Gasteiger partial charge in [0.1, 0.15) is 11.6 Å². The lowest BCUT2D eigenvalue weighted by atomic mass is 9.84. The van der Waals surface area contributed by atoms with Crippen LogP contribution in [0.4, 0.5) is 0 Å².